The van der Waals surface area contributed by atoms with E-state index in [9.17, 15) is 4.79 Å². The maximum Gasteiger partial charge on any atom is 0.225 e. The highest BCUT2D eigenvalue weighted by Gasteiger charge is 2.31. The molecule has 0 amide bonds. The van der Waals surface area contributed by atoms with Crippen molar-refractivity contribution in [1.82, 2.24) is 5.32 Å². The van der Waals surface area contributed by atoms with Gasteiger partial charge in [0.25, 0.3) is 0 Å². The van der Waals surface area contributed by atoms with E-state index in [1.165, 1.54) is 0 Å². The second-order valence-electron chi connectivity index (χ2n) is 4.03. The Balaban J connectivity index is 3.05. The molecule has 2 nitrogen and oxygen atoms in total. The van der Waals surface area contributed by atoms with Crippen LogP contribution in [-0.4, -0.2) is 12.3 Å². The van der Waals surface area contributed by atoms with Crippen LogP contribution in [0.25, 0.3) is 0 Å². The zero-order chi connectivity index (χ0) is 11.3. The summed E-state index contributed by atoms with van der Waals surface area (Å²) < 4.78 is 0. The maximum atomic E-state index is 11.2. The number of nitrogens with one attached hydrogen (secondary N) is 1. The molecule has 0 heterocycles. The first kappa shape index (κ1) is 11.9. The van der Waals surface area contributed by atoms with Gasteiger partial charge in [-0.15, -0.1) is 0 Å². The Hall–Kier alpha value is -1.15. The lowest BCUT2D eigenvalue weighted by Gasteiger charge is -2.30. The molecule has 0 saturated carbocycles. The normalized spacial score (nSPS) is 14.9. The first-order chi connectivity index (χ1) is 7.14. The molecule has 0 saturated heterocycles. The molecule has 1 N–H and O–H groups in total. The Morgan fingerprint density at radius 2 is 1.93 bits per heavy atom. The van der Waals surface area contributed by atoms with E-state index in [1.807, 2.05) is 51.1 Å². The topological polar surface area (TPSA) is 29.1 Å². The number of hydrogen-bond donors (Lipinski definition) is 1. The third kappa shape index (κ3) is 2.66. The molecular formula is C13H18NO. The minimum Gasteiger partial charge on any atom is -0.299 e. The van der Waals surface area contributed by atoms with Crippen molar-refractivity contribution in [3.8, 4) is 0 Å². The fourth-order valence-electron chi connectivity index (χ4n) is 1.77. The highest BCUT2D eigenvalue weighted by Crippen LogP contribution is 2.23. The molecule has 1 aromatic carbocycles. The van der Waals surface area contributed by atoms with Crippen LogP contribution in [0.2, 0.25) is 0 Å². The Bertz CT molecular complexity index is 308. The quantitative estimate of drug-likeness (QED) is 0.798. The standard InChI is InChI=1S/C13H18NO/c1-4-13(10-15,14-11(2)3)12-8-6-5-7-9-12/h5-9,11,14H,4H2,1-3H3. The van der Waals surface area contributed by atoms with Crippen molar-refractivity contribution >= 4 is 6.29 Å². The average molecular weight is 204 g/mol. The third-order valence-electron chi connectivity index (χ3n) is 2.51. The molecular weight excluding hydrogens is 186 g/mol. The molecule has 0 spiro atoms. The Morgan fingerprint density at radius 3 is 2.33 bits per heavy atom. The smallest absolute Gasteiger partial charge is 0.225 e. The first-order valence-electron chi connectivity index (χ1n) is 5.37. The summed E-state index contributed by atoms with van der Waals surface area (Å²) >= 11 is 0. The van der Waals surface area contributed by atoms with Crippen LogP contribution in [0.1, 0.15) is 32.8 Å². The van der Waals surface area contributed by atoms with Gasteiger partial charge in [-0.2, -0.15) is 0 Å². The summed E-state index contributed by atoms with van der Waals surface area (Å²) in [5.41, 5.74) is 0.325. The van der Waals surface area contributed by atoms with Gasteiger partial charge in [-0.25, -0.2) is 0 Å². The van der Waals surface area contributed by atoms with Gasteiger partial charge in [0.15, 0.2) is 0 Å². The van der Waals surface area contributed by atoms with Crippen molar-refractivity contribution in [2.75, 3.05) is 0 Å². The van der Waals surface area contributed by atoms with Crippen LogP contribution in [-0.2, 0) is 10.3 Å². The van der Waals surface area contributed by atoms with Gasteiger partial charge in [0.1, 0.15) is 5.54 Å². The fourth-order valence-corrected chi connectivity index (χ4v) is 1.77. The fraction of sp³-hybridized carbons (Fsp3) is 0.462. The van der Waals surface area contributed by atoms with Gasteiger partial charge in [0.2, 0.25) is 6.29 Å². The predicted octanol–water partition coefficient (Wildman–Crippen LogP) is 2.40. The molecule has 1 rings (SSSR count). The molecule has 0 fully saturated rings. The number of carbonyl (C=O) groups excluding carboxylic acids is 1. The van der Waals surface area contributed by atoms with Gasteiger partial charge in [0, 0.05) is 6.04 Å². The number of benzene rings is 1. The van der Waals surface area contributed by atoms with Gasteiger partial charge in [-0.05, 0) is 25.8 Å². The number of rotatable bonds is 5. The van der Waals surface area contributed by atoms with Crippen LogP contribution in [0.4, 0.5) is 0 Å². The van der Waals surface area contributed by atoms with Crippen LogP contribution in [0.3, 0.4) is 0 Å². The van der Waals surface area contributed by atoms with Crippen LogP contribution in [0.5, 0.6) is 0 Å². The van der Waals surface area contributed by atoms with Crippen molar-refractivity contribution in [1.29, 1.82) is 0 Å². The number of hydrogen-bond acceptors (Lipinski definition) is 2. The van der Waals surface area contributed by atoms with Crippen molar-refractivity contribution in [2.24, 2.45) is 0 Å². The van der Waals surface area contributed by atoms with E-state index < -0.39 is 5.54 Å². The second kappa shape index (κ2) is 5.08. The third-order valence-corrected chi connectivity index (χ3v) is 2.51. The summed E-state index contributed by atoms with van der Waals surface area (Å²) in [5, 5.41) is 3.29. The van der Waals surface area contributed by atoms with E-state index >= 15 is 0 Å². The summed E-state index contributed by atoms with van der Waals surface area (Å²) in [6, 6.07) is 10.0. The monoisotopic (exact) mass is 204 g/mol. The van der Waals surface area contributed by atoms with Gasteiger partial charge in [-0.1, -0.05) is 37.3 Å². The summed E-state index contributed by atoms with van der Waals surface area (Å²) in [6.45, 7) is 6.06. The van der Waals surface area contributed by atoms with E-state index in [2.05, 4.69) is 11.6 Å². The Morgan fingerprint density at radius 1 is 1.33 bits per heavy atom. The van der Waals surface area contributed by atoms with Crippen molar-refractivity contribution in [3.63, 3.8) is 0 Å². The molecule has 1 atom stereocenters. The predicted molar refractivity (Wildman–Crippen MR) is 62.4 cm³/mol. The summed E-state index contributed by atoms with van der Waals surface area (Å²) in [4.78, 5) is 11.2. The molecule has 1 unspecified atom stereocenters. The van der Waals surface area contributed by atoms with Crippen LogP contribution in [0.15, 0.2) is 30.3 Å². The van der Waals surface area contributed by atoms with Gasteiger partial charge in [0.05, 0.1) is 0 Å². The van der Waals surface area contributed by atoms with Crippen molar-refractivity contribution in [2.45, 2.75) is 38.8 Å². The molecule has 0 bridgehead atoms. The van der Waals surface area contributed by atoms with Crippen LogP contribution in [0, 0.1) is 0 Å². The van der Waals surface area contributed by atoms with Crippen LogP contribution < -0.4 is 5.32 Å². The van der Waals surface area contributed by atoms with E-state index in [4.69, 9.17) is 0 Å². The minimum absolute atomic E-state index is 0.256. The van der Waals surface area contributed by atoms with Crippen LogP contribution >= 0.6 is 0 Å². The Labute approximate surface area is 91.7 Å². The zero-order valence-electron chi connectivity index (χ0n) is 9.58. The molecule has 81 valence electrons. The largest absolute Gasteiger partial charge is 0.299 e. The molecule has 15 heavy (non-hydrogen) atoms. The van der Waals surface area contributed by atoms with E-state index in [1.54, 1.807) is 0 Å². The molecule has 0 aromatic heterocycles. The van der Waals surface area contributed by atoms with E-state index in [0.717, 1.165) is 5.56 Å². The molecule has 0 aliphatic heterocycles. The lowest BCUT2D eigenvalue weighted by atomic mass is 9.88. The molecule has 1 aromatic rings. The molecule has 0 aliphatic carbocycles. The van der Waals surface area contributed by atoms with Crippen molar-refractivity contribution in [3.05, 3.63) is 35.9 Å². The molecule has 2 heteroatoms. The molecule has 1 radical (unpaired) electrons. The summed E-state index contributed by atoms with van der Waals surface area (Å²) in [7, 11) is 0. The van der Waals surface area contributed by atoms with Gasteiger partial charge in [-0.3, -0.25) is 10.1 Å². The summed E-state index contributed by atoms with van der Waals surface area (Å²) in [5.74, 6) is 0. The Kier molecular flexibility index (Phi) is 4.04. The van der Waals surface area contributed by atoms with Gasteiger partial charge < -0.3 is 0 Å². The lowest BCUT2D eigenvalue weighted by molar-refractivity contribution is 0.369. The zero-order valence-corrected chi connectivity index (χ0v) is 9.58. The van der Waals surface area contributed by atoms with Crippen molar-refractivity contribution < 1.29 is 4.79 Å². The first-order valence-corrected chi connectivity index (χ1v) is 5.37. The second-order valence-corrected chi connectivity index (χ2v) is 4.03. The molecule has 0 aliphatic rings. The average Bonchev–Trinajstić information content (AvgIpc) is 2.27. The highest BCUT2D eigenvalue weighted by molar-refractivity contribution is 5.68. The minimum atomic E-state index is -0.657. The highest BCUT2D eigenvalue weighted by atomic mass is 16.1. The van der Waals surface area contributed by atoms with Gasteiger partial charge >= 0.3 is 0 Å². The summed E-state index contributed by atoms with van der Waals surface area (Å²) in [6.07, 6.45) is 2.86. The van der Waals surface area contributed by atoms with E-state index in [-0.39, 0.29) is 6.04 Å². The lowest BCUT2D eigenvalue weighted by Crippen LogP contribution is -2.46. The SMILES string of the molecule is CCC([C]=O)(NC(C)C)c1ccccc1. The van der Waals surface area contributed by atoms with E-state index in [0.29, 0.717) is 6.42 Å². The maximum absolute atomic E-state index is 11.2.